The second-order valence-corrected chi connectivity index (χ2v) is 4.75. The van der Waals surface area contributed by atoms with Crippen LogP contribution in [0.3, 0.4) is 0 Å². The van der Waals surface area contributed by atoms with E-state index in [9.17, 15) is 0 Å². The van der Waals surface area contributed by atoms with Gasteiger partial charge in [-0.15, -0.1) is 0 Å². The van der Waals surface area contributed by atoms with E-state index in [0.717, 1.165) is 5.56 Å². The standard InChI is InChI=1S/C16H16N2O/c1-11(2)13-5-4-6-14(9-13)19-16-15(10-17)12(3)7-8-18-16/h4-9,11H,1-3H3. The Morgan fingerprint density at radius 3 is 2.74 bits per heavy atom. The molecule has 2 aromatic rings. The summed E-state index contributed by atoms with van der Waals surface area (Å²) in [7, 11) is 0. The van der Waals surface area contributed by atoms with Gasteiger partial charge in [0.05, 0.1) is 0 Å². The van der Waals surface area contributed by atoms with Crippen molar-refractivity contribution in [1.29, 1.82) is 5.26 Å². The highest BCUT2D eigenvalue weighted by atomic mass is 16.5. The van der Waals surface area contributed by atoms with E-state index in [-0.39, 0.29) is 0 Å². The lowest BCUT2D eigenvalue weighted by atomic mass is 10.0. The van der Waals surface area contributed by atoms with Crippen LogP contribution in [0.1, 0.15) is 36.5 Å². The van der Waals surface area contributed by atoms with Crippen LogP contribution < -0.4 is 4.74 Å². The lowest BCUT2D eigenvalue weighted by Gasteiger charge is -2.10. The van der Waals surface area contributed by atoms with Crippen molar-refractivity contribution < 1.29 is 4.74 Å². The third-order valence-corrected chi connectivity index (χ3v) is 2.98. The zero-order chi connectivity index (χ0) is 13.8. The first kappa shape index (κ1) is 13.1. The lowest BCUT2D eigenvalue weighted by Crippen LogP contribution is -1.95. The Balaban J connectivity index is 2.34. The molecule has 0 saturated carbocycles. The molecule has 2 rings (SSSR count). The molecule has 0 bridgehead atoms. The molecule has 3 nitrogen and oxygen atoms in total. The number of benzene rings is 1. The lowest BCUT2D eigenvalue weighted by molar-refractivity contribution is 0.460. The van der Waals surface area contributed by atoms with Crippen molar-refractivity contribution in [2.24, 2.45) is 0 Å². The van der Waals surface area contributed by atoms with Crippen molar-refractivity contribution in [3.05, 3.63) is 53.2 Å². The molecule has 0 amide bonds. The summed E-state index contributed by atoms with van der Waals surface area (Å²) in [5.41, 5.74) is 2.55. The topological polar surface area (TPSA) is 45.9 Å². The number of hydrogen-bond acceptors (Lipinski definition) is 3. The highest BCUT2D eigenvalue weighted by Gasteiger charge is 2.09. The molecule has 0 N–H and O–H groups in total. The maximum Gasteiger partial charge on any atom is 0.237 e. The predicted octanol–water partition coefficient (Wildman–Crippen LogP) is 4.18. The minimum absolute atomic E-state index is 0.364. The third-order valence-electron chi connectivity index (χ3n) is 2.98. The average molecular weight is 252 g/mol. The number of aromatic nitrogens is 1. The van der Waals surface area contributed by atoms with E-state index in [0.29, 0.717) is 23.1 Å². The molecule has 1 heterocycles. The first-order chi connectivity index (χ1) is 9.11. The van der Waals surface area contributed by atoms with Crippen LogP contribution >= 0.6 is 0 Å². The normalized spacial score (nSPS) is 10.3. The first-order valence-corrected chi connectivity index (χ1v) is 6.25. The number of nitrogens with zero attached hydrogens (tertiary/aromatic N) is 2. The van der Waals surface area contributed by atoms with Crippen LogP contribution in [0.25, 0.3) is 0 Å². The zero-order valence-electron chi connectivity index (χ0n) is 11.3. The van der Waals surface area contributed by atoms with Crippen LogP contribution in [0.5, 0.6) is 11.6 Å². The maximum absolute atomic E-state index is 9.15. The van der Waals surface area contributed by atoms with Crippen LogP contribution in [0, 0.1) is 18.3 Å². The summed E-state index contributed by atoms with van der Waals surface area (Å²) in [6, 6.07) is 11.8. The van der Waals surface area contributed by atoms with E-state index in [1.54, 1.807) is 12.3 Å². The summed E-state index contributed by atoms with van der Waals surface area (Å²) < 4.78 is 5.74. The largest absolute Gasteiger partial charge is 0.438 e. The summed E-state index contributed by atoms with van der Waals surface area (Å²) in [4.78, 5) is 4.14. The Hall–Kier alpha value is -2.34. The Morgan fingerprint density at radius 2 is 2.05 bits per heavy atom. The Bertz CT molecular complexity index is 627. The van der Waals surface area contributed by atoms with E-state index < -0.39 is 0 Å². The van der Waals surface area contributed by atoms with Gasteiger partial charge in [-0.1, -0.05) is 26.0 Å². The molecule has 1 aromatic heterocycles. The van der Waals surface area contributed by atoms with Gasteiger partial charge in [-0.25, -0.2) is 4.98 Å². The quantitative estimate of drug-likeness (QED) is 0.823. The molecule has 0 saturated heterocycles. The number of pyridine rings is 1. The van der Waals surface area contributed by atoms with Crippen molar-refractivity contribution in [2.45, 2.75) is 26.7 Å². The van der Waals surface area contributed by atoms with Gasteiger partial charge in [0.1, 0.15) is 17.4 Å². The average Bonchev–Trinajstić information content (AvgIpc) is 2.39. The van der Waals surface area contributed by atoms with Gasteiger partial charge in [-0.2, -0.15) is 5.26 Å². The van der Waals surface area contributed by atoms with E-state index in [4.69, 9.17) is 10.00 Å². The molecule has 0 atom stereocenters. The van der Waals surface area contributed by atoms with Gasteiger partial charge in [0.2, 0.25) is 5.88 Å². The third kappa shape index (κ3) is 2.92. The van der Waals surface area contributed by atoms with Crippen LogP contribution in [-0.2, 0) is 0 Å². The molecule has 0 unspecified atom stereocenters. The highest BCUT2D eigenvalue weighted by Crippen LogP contribution is 2.27. The van der Waals surface area contributed by atoms with Gasteiger partial charge in [0.15, 0.2) is 0 Å². The number of aryl methyl sites for hydroxylation is 1. The summed E-state index contributed by atoms with van der Waals surface area (Å²) >= 11 is 0. The molecule has 0 fully saturated rings. The fourth-order valence-electron chi connectivity index (χ4n) is 1.80. The molecule has 3 heteroatoms. The minimum atomic E-state index is 0.364. The van der Waals surface area contributed by atoms with Gasteiger partial charge >= 0.3 is 0 Å². The van der Waals surface area contributed by atoms with Crippen LogP contribution in [0.4, 0.5) is 0 Å². The minimum Gasteiger partial charge on any atom is -0.438 e. The van der Waals surface area contributed by atoms with Crippen molar-refractivity contribution >= 4 is 0 Å². The van der Waals surface area contributed by atoms with E-state index in [2.05, 4.69) is 31.0 Å². The van der Waals surface area contributed by atoms with Gasteiger partial charge in [-0.3, -0.25) is 0 Å². The highest BCUT2D eigenvalue weighted by molar-refractivity contribution is 5.45. The van der Waals surface area contributed by atoms with E-state index in [1.807, 2.05) is 25.1 Å². The molecule has 96 valence electrons. The summed E-state index contributed by atoms with van der Waals surface area (Å²) in [6.07, 6.45) is 1.65. The van der Waals surface area contributed by atoms with Crippen molar-refractivity contribution in [2.75, 3.05) is 0 Å². The Labute approximate surface area is 113 Å². The van der Waals surface area contributed by atoms with Gasteiger partial charge in [-0.05, 0) is 42.2 Å². The number of rotatable bonds is 3. The molecule has 19 heavy (non-hydrogen) atoms. The summed E-state index contributed by atoms with van der Waals surface area (Å²) in [5.74, 6) is 1.51. The molecule has 0 radical (unpaired) electrons. The predicted molar refractivity (Wildman–Crippen MR) is 74.3 cm³/mol. The Morgan fingerprint density at radius 1 is 1.26 bits per heavy atom. The molecule has 0 aliphatic rings. The number of nitriles is 1. The molecule has 1 aromatic carbocycles. The Kier molecular flexibility index (Phi) is 3.82. The molecule has 0 spiro atoms. The van der Waals surface area contributed by atoms with Crippen molar-refractivity contribution in [1.82, 2.24) is 4.98 Å². The summed E-state index contributed by atoms with van der Waals surface area (Å²) in [6.45, 7) is 6.13. The first-order valence-electron chi connectivity index (χ1n) is 6.25. The van der Waals surface area contributed by atoms with Gasteiger partial charge < -0.3 is 4.74 Å². The van der Waals surface area contributed by atoms with Gasteiger partial charge in [0.25, 0.3) is 0 Å². The monoisotopic (exact) mass is 252 g/mol. The van der Waals surface area contributed by atoms with E-state index in [1.165, 1.54) is 5.56 Å². The smallest absolute Gasteiger partial charge is 0.237 e. The van der Waals surface area contributed by atoms with Crippen LogP contribution in [-0.4, -0.2) is 4.98 Å². The van der Waals surface area contributed by atoms with Crippen LogP contribution in [0.15, 0.2) is 36.5 Å². The number of ether oxygens (including phenoxy) is 1. The van der Waals surface area contributed by atoms with E-state index >= 15 is 0 Å². The maximum atomic E-state index is 9.15. The number of hydrogen-bond donors (Lipinski definition) is 0. The molecule has 0 aliphatic heterocycles. The van der Waals surface area contributed by atoms with Crippen LogP contribution in [0.2, 0.25) is 0 Å². The molecule has 0 aliphatic carbocycles. The van der Waals surface area contributed by atoms with Crippen molar-refractivity contribution in [3.63, 3.8) is 0 Å². The molecular weight excluding hydrogens is 236 g/mol. The second-order valence-electron chi connectivity index (χ2n) is 4.75. The summed E-state index contributed by atoms with van der Waals surface area (Å²) in [5, 5.41) is 9.15. The SMILES string of the molecule is Cc1ccnc(Oc2cccc(C(C)C)c2)c1C#N. The zero-order valence-corrected chi connectivity index (χ0v) is 11.3. The fraction of sp³-hybridized carbons (Fsp3) is 0.250. The van der Waals surface area contributed by atoms with Gasteiger partial charge in [0, 0.05) is 6.20 Å². The van der Waals surface area contributed by atoms with Crippen molar-refractivity contribution in [3.8, 4) is 17.7 Å². The fourth-order valence-corrected chi connectivity index (χ4v) is 1.80. The molecular formula is C16H16N2O. The second kappa shape index (κ2) is 5.53.